The SMILES string of the molecule is COc1cc(C#N)ccc1S(=O)(=O)N1CCCC(CCN)C1.Cl. The van der Waals surface area contributed by atoms with Gasteiger partial charge in [0.25, 0.3) is 0 Å². The van der Waals surface area contributed by atoms with Crippen LogP contribution in [0.25, 0.3) is 0 Å². The summed E-state index contributed by atoms with van der Waals surface area (Å²) in [7, 11) is -2.22. The van der Waals surface area contributed by atoms with Crippen LogP contribution >= 0.6 is 12.4 Å². The summed E-state index contributed by atoms with van der Waals surface area (Å²) in [6.45, 7) is 1.56. The Hall–Kier alpha value is -1.33. The monoisotopic (exact) mass is 359 g/mol. The van der Waals surface area contributed by atoms with Gasteiger partial charge in [-0.05, 0) is 49.9 Å². The van der Waals surface area contributed by atoms with Gasteiger partial charge in [-0.3, -0.25) is 0 Å². The lowest BCUT2D eigenvalue weighted by Crippen LogP contribution is -2.40. The predicted molar refractivity (Wildman–Crippen MR) is 90.1 cm³/mol. The summed E-state index contributed by atoms with van der Waals surface area (Å²) in [5.74, 6) is 0.512. The summed E-state index contributed by atoms with van der Waals surface area (Å²) in [5.41, 5.74) is 5.95. The number of hydrogen-bond acceptors (Lipinski definition) is 5. The van der Waals surface area contributed by atoms with E-state index in [4.69, 9.17) is 15.7 Å². The van der Waals surface area contributed by atoms with Crippen LogP contribution in [0.4, 0.5) is 0 Å². The molecule has 6 nitrogen and oxygen atoms in total. The van der Waals surface area contributed by atoms with E-state index in [1.54, 1.807) is 0 Å². The van der Waals surface area contributed by atoms with Crippen LogP contribution in [0.15, 0.2) is 23.1 Å². The molecule has 1 saturated heterocycles. The Morgan fingerprint density at radius 2 is 2.22 bits per heavy atom. The Labute approximate surface area is 143 Å². The number of nitriles is 1. The normalized spacial score (nSPS) is 18.7. The maximum absolute atomic E-state index is 12.8. The summed E-state index contributed by atoms with van der Waals surface area (Å²) < 4.78 is 32.4. The Bertz CT molecular complexity index is 671. The molecule has 1 aliphatic heterocycles. The van der Waals surface area contributed by atoms with Crippen molar-refractivity contribution in [3.05, 3.63) is 23.8 Å². The van der Waals surface area contributed by atoms with Gasteiger partial charge < -0.3 is 10.5 Å². The fraction of sp³-hybridized carbons (Fsp3) is 0.533. The zero-order chi connectivity index (χ0) is 16.2. The molecule has 0 aromatic heterocycles. The molecule has 0 amide bonds. The van der Waals surface area contributed by atoms with Gasteiger partial charge in [0.2, 0.25) is 10.0 Å². The molecule has 1 fully saturated rings. The third-order valence-corrected chi connectivity index (χ3v) is 5.87. The van der Waals surface area contributed by atoms with Gasteiger partial charge in [-0.25, -0.2) is 8.42 Å². The van der Waals surface area contributed by atoms with Crippen molar-refractivity contribution in [2.45, 2.75) is 24.2 Å². The van der Waals surface area contributed by atoms with Gasteiger partial charge in [0.15, 0.2) is 0 Å². The van der Waals surface area contributed by atoms with Crippen molar-refractivity contribution < 1.29 is 13.2 Å². The second kappa shape index (κ2) is 8.50. The van der Waals surface area contributed by atoms with Gasteiger partial charge >= 0.3 is 0 Å². The molecular formula is C15H22ClN3O3S. The second-order valence-electron chi connectivity index (χ2n) is 5.43. The van der Waals surface area contributed by atoms with Gasteiger partial charge in [-0.15, -0.1) is 12.4 Å². The summed E-state index contributed by atoms with van der Waals surface area (Å²) in [5, 5.41) is 8.92. The van der Waals surface area contributed by atoms with E-state index < -0.39 is 10.0 Å². The van der Waals surface area contributed by atoms with Gasteiger partial charge in [0, 0.05) is 13.1 Å². The number of rotatable bonds is 5. The maximum Gasteiger partial charge on any atom is 0.246 e. The molecule has 128 valence electrons. The number of sulfonamides is 1. The van der Waals surface area contributed by atoms with Crippen molar-refractivity contribution in [2.24, 2.45) is 11.7 Å². The molecule has 1 unspecified atom stereocenters. The van der Waals surface area contributed by atoms with Crippen molar-refractivity contribution >= 4 is 22.4 Å². The zero-order valence-corrected chi connectivity index (χ0v) is 14.7. The number of nitrogens with two attached hydrogens (primary N) is 1. The minimum Gasteiger partial charge on any atom is -0.495 e. The fourth-order valence-corrected chi connectivity index (χ4v) is 4.50. The van der Waals surface area contributed by atoms with Crippen molar-refractivity contribution in [1.29, 1.82) is 5.26 Å². The highest BCUT2D eigenvalue weighted by molar-refractivity contribution is 7.89. The van der Waals surface area contributed by atoms with Crippen LogP contribution in [0.1, 0.15) is 24.8 Å². The van der Waals surface area contributed by atoms with Gasteiger partial charge in [-0.1, -0.05) is 0 Å². The van der Waals surface area contributed by atoms with E-state index in [0.717, 1.165) is 19.3 Å². The quantitative estimate of drug-likeness (QED) is 0.863. The Morgan fingerprint density at radius 3 is 2.83 bits per heavy atom. The van der Waals surface area contributed by atoms with Gasteiger partial charge in [0.05, 0.1) is 18.7 Å². The van der Waals surface area contributed by atoms with Crippen molar-refractivity contribution in [3.63, 3.8) is 0 Å². The molecule has 1 aromatic carbocycles. The number of hydrogen-bond donors (Lipinski definition) is 1. The first-order valence-corrected chi connectivity index (χ1v) is 8.75. The first-order valence-electron chi connectivity index (χ1n) is 7.31. The van der Waals surface area contributed by atoms with Crippen LogP contribution in [0.3, 0.4) is 0 Å². The van der Waals surface area contributed by atoms with E-state index in [9.17, 15) is 8.42 Å². The number of piperidine rings is 1. The number of ether oxygens (including phenoxy) is 1. The number of nitrogens with zero attached hydrogens (tertiary/aromatic N) is 2. The minimum absolute atomic E-state index is 0. The van der Waals surface area contributed by atoms with E-state index in [0.29, 0.717) is 31.1 Å². The summed E-state index contributed by atoms with van der Waals surface area (Å²) in [4.78, 5) is 0.113. The highest BCUT2D eigenvalue weighted by Crippen LogP contribution is 2.31. The minimum atomic E-state index is -3.62. The molecule has 0 bridgehead atoms. The standard InChI is InChI=1S/C15H21N3O3S.ClH/c1-21-14-9-13(10-17)4-5-15(14)22(19,20)18-8-2-3-12(11-18)6-7-16;/h4-5,9,12H,2-3,6-8,11,16H2,1H3;1H. The first kappa shape index (κ1) is 19.7. The zero-order valence-electron chi connectivity index (χ0n) is 13.1. The first-order chi connectivity index (χ1) is 10.5. The van der Waals surface area contributed by atoms with Crippen LogP contribution in [-0.4, -0.2) is 39.5 Å². The van der Waals surface area contributed by atoms with Crippen LogP contribution < -0.4 is 10.5 Å². The molecule has 2 N–H and O–H groups in total. The number of benzene rings is 1. The van der Waals surface area contributed by atoms with Crippen LogP contribution in [0.5, 0.6) is 5.75 Å². The van der Waals surface area contributed by atoms with Crippen molar-refractivity contribution in [2.75, 3.05) is 26.7 Å². The molecule has 0 saturated carbocycles. The van der Waals surface area contributed by atoms with Crippen molar-refractivity contribution in [3.8, 4) is 11.8 Å². The molecule has 1 atom stereocenters. The average Bonchev–Trinajstić information content (AvgIpc) is 2.54. The predicted octanol–water partition coefficient (Wildman–Crippen LogP) is 1.74. The van der Waals surface area contributed by atoms with E-state index in [2.05, 4.69) is 0 Å². The smallest absolute Gasteiger partial charge is 0.246 e. The average molecular weight is 360 g/mol. The summed E-state index contributed by atoms with van der Waals surface area (Å²) in [6.07, 6.45) is 2.67. The van der Waals surface area contributed by atoms with Gasteiger partial charge in [0.1, 0.15) is 10.6 Å². The molecule has 0 spiro atoms. The highest BCUT2D eigenvalue weighted by Gasteiger charge is 2.32. The summed E-state index contributed by atoms with van der Waals surface area (Å²) in [6, 6.07) is 6.37. The molecule has 8 heteroatoms. The molecule has 2 rings (SSSR count). The molecule has 1 heterocycles. The third-order valence-electron chi connectivity index (χ3n) is 3.97. The van der Waals surface area contributed by atoms with Crippen LogP contribution in [0.2, 0.25) is 0 Å². The Balaban J connectivity index is 0.00000264. The molecule has 0 aliphatic carbocycles. The molecule has 1 aliphatic rings. The third kappa shape index (κ3) is 4.36. The van der Waals surface area contributed by atoms with Crippen LogP contribution in [0, 0.1) is 17.2 Å². The van der Waals surface area contributed by atoms with Gasteiger partial charge in [-0.2, -0.15) is 9.57 Å². The topological polar surface area (TPSA) is 96.4 Å². The Morgan fingerprint density at radius 1 is 1.48 bits per heavy atom. The highest BCUT2D eigenvalue weighted by atomic mass is 35.5. The van der Waals surface area contributed by atoms with E-state index >= 15 is 0 Å². The number of methoxy groups -OCH3 is 1. The van der Waals surface area contributed by atoms with E-state index in [-0.39, 0.29) is 23.1 Å². The van der Waals surface area contributed by atoms with E-state index in [1.165, 1.54) is 29.6 Å². The van der Waals surface area contributed by atoms with E-state index in [1.807, 2.05) is 6.07 Å². The molecular weight excluding hydrogens is 338 g/mol. The summed E-state index contributed by atoms with van der Waals surface area (Å²) >= 11 is 0. The number of halogens is 1. The largest absolute Gasteiger partial charge is 0.495 e. The van der Waals surface area contributed by atoms with Crippen LogP contribution in [-0.2, 0) is 10.0 Å². The lowest BCUT2D eigenvalue weighted by Gasteiger charge is -2.32. The Kier molecular flexibility index (Phi) is 7.29. The maximum atomic E-state index is 12.8. The lowest BCUT2D eigenvalue weighted by molar-refractivity contribution is 0.257. The molecule has 0 radical (unpaired) electrons. The molecule has 23 heavy (non-hydrogen) atoms. The molecule has 1 aromatic rings. The lowest BCUT2D eigenvalue weighted by atomic mass is 9.96. The fourth-order valence-electron chi connectivity index (χ4n) is 2.81. The second-order valence-corrected chi connectivity index (χ2v) is 7.33. The van der Waals surface area contributed by atoms with Crippen molar-refractivity contribution in [1.82, 2.24) is 4.31 Å².